The van der Waals surface area contributed by atoms with Gasteiger partial charge in [-0.25, -0.2) is 8.42 Å². The third kappa shape index (κ3) is 3.23. The lowest BCUT2D eigenvalue weighted by atomic mass is 9.80. The van der Waals surface area contributed by atoms with Crippen LogP contribution in [0.15, 0.2) is 23.1 Å². The maximum Gasteiger partial charge on any atom is 0.243 e. The second-order valence-electron chi connectivity index (χ2n) is 6.47. The monoisotopic (exact) mass is 326 g/mol. The van der Waals surface area contributed by atoms with E-state index in [4.69, 9.17) is 16.9 Å². The molecule has 1 aromatic carbocycles. The molecule has 114 valence electrons. The topological polar surface area (TPSA) is 61.2 Å². The molecule has 0 bridgehead atoms. The van der Waals surface area contributed by atoms with Crippen molar-refractivity contribution >= 4 is 21.6 Å². The van der Waals surface area contributed by atoms with Gasteiger partial charge in [-0.15, -0.1) is 0 Å². The molecule has 1 aliphatic heterocycles. The first-order chi connectivity index (χ1) is 9.66. The third-order valence-corrected chi connectivity index (χ3v) is 6.25. The zero-order chi connectivity index (χ0) is 15.8. The zero-order valence-corrected chi connectivity index (χ0v) is 14.0. The maximum absolute atomic E-state index is 12.6. The van der Waals surface area contributed by atoms with E-state index in [-0.39, 0.29) is 20.9 Å². The Morgan fingerprint density at radius 2 is 2.05 bits per heavy atom. The summed E-state index contributed by atoms with van der Waals surface area (Å²) in [5.74, 6) is 0.348. The first-order valence-electron chi connectivity index (χ1n) is 6.86. The summed E-state index contributed by atoms with van der Waals surface area (Å²) in [5, 5.41) is 9.03. The first kappa shape index (κ1) is 16.3. The number of benzene rings is 1. The van der Waals surface area contributed by atoms with Crippen LogP contribution >= 0.6 is 11.6 Å². The van der Waals surface area contributed by atoms with Gasteiger partial charge in [-0.1, -0.05) is 32.4 Å². The Hall–Kier alpha value is -1.09. The standard InChI is InChI=1S/C15H19ClN2O2S/c1-15(2,3)12-6-7-18(10-12)21(19,20)13-5-4-11(9-17)14(16)8-13/h4-5,8,12H,6-7,10H2,1-3H3. The number of rotatable bonds is 2. The summed E-state index contributed by atoms with van der Waals surface area (Å²) in [6.45, 7) is 7.45. The van der Waals surface area contributed by atoms with Gasteiger partial charge in [0.1, 0.15) is 6.07 Å². The Morgan fingerprint density at radius 3 is 2.52 bits per heavy atom. The molecule has 0 aliphatic carbocycles. The fourth-order valence-corrected chi connectivity index (χ4v) is 4.36. The van der Waals surface area contributed by atoms with Crippen LogP contribution in [0.3, 0.4) is 0 Å². The fourth-order valence-electron chi connectivity index (χ4n) is 2.55. The molecule has 0 amide bonds. The normalized spacial score (nSPS) is 20.4. The van der Waals surface area contributed by atoms with Gasteiger partial charge in [0.15, 0.2) is 0 Å². The molecule has 4 nitrogen and oxygen atoms in total. The summed E-state index contributed by atoms with van der Waals surface area (Å²) in [7, 11) is -3.54. The molecule has 1 heterocycles. The average molecular weight is 327 g/mol. The minimum absolute atomic E-state index is 0.0899. The Balaban J connectivity index is 2.28. The predicted molar refractivity (Wildman–Crippen MR) is 82.5 cm³/mol. The van der Waals surface area contributed by atoms with Crippen LogP contribution in [0.4, 0.5) is 0 Å². The van der Waals surface area contributed by atoms with Gasteiger partial charge < -0.3 is 0 Å². The molecular weight excluding hydrogens is 308 g/mol. The lowest BCUT2D eigenvalue weighted by Gasteiger charge is -2.26. The van der Waals surface area contributed by atoms with Gasteiger partial charge in [-0.2, -0.15) is 9.57 Å². The number of hydrogen-bond donors (Lipinski definition) is 0. The predicted octanol–water partition coefficient (Wildman–Crippen LogP) is 3.27. The van der Waals surface area contributed by atoms with E-state index < -0.39 is 10.0 Å². The quantitative estimate of drug-likeness (QED) is 0.838. The molecule has 21 heavy (non-hydrogen) atoms. The number of halogens is 1. The Labute approximate surface area is 131 Å². The third-order valence-electron chi connectivity index (χ3n) is 4.07. The van der Waals surface area contributed by atoms with E-state index in [2.05, 4.69) is 20.8 Å². The summed E-state index contributed by atoms with van der Waals surface area (Å²) >= 11 is 5.94. The molecule has 1 atom stereocenters. The summed E-state index contributed by atoms with van der Waals surface area (Å²) in [4.78, 5) is 0.154. The van der Waals surface area contributed by atoms with Crippen molar-refractivity contribution in [1.82, 2.24) is 4.31 Å². The molecule has 1 aliphatic rings. The molecule has 0 spiro atoms. The van der Waals surface area contributed by atoms with Gasteiger partial charge in [0, 0.05) is 13.1 Å². The summed E-state index contributed by atoms with van der Waals surface area (Å²) < 4.78 is 26.8. The second kappa shape index (κ2) is 5.60. The summed E-state index contributed by atoms with van der Waals surface area (Å²) in [5.41, 5.74) is 0.372. The van der Waals surface area contributed by atoms with Crippen molar-refractivity contribution in [1.29, 1.82) is 5.26 Å². The van der Waals surface area contributed by atoms with Crippen LogP contribution in [0.1, 0.15) is 32.8 Å². The number of hydrogen-bond acceptors (Lipinski definition) is 3. The average Bonchev–Trinajstić information content (AvgIpc) is 2.88. The molecule has 1 aromatic rings. The van der Waals surface area contributed by atoms with Crippen LogP contribution in [0.2, 0.25) is 5.02 Å². The van der Waals surface area contributed by atoms with E-state index in [9.17, 15) is 8.42 Å². The van der Waals surface area contributed by atoms with Crippen molar-refractivity contribution < 1.29 is 8.42 Å². The Kier molecular flexibility index (Phi) is 4.34. The van der Waals surface area contributed by atoms with E-state index in [1.807, 2.05) is 6.07 Å². The lowest BCUT2D eigenvalue weighted by molar-refractivity contribution is 0.252. The van der Waals surface area contributed by atoms with Crippen molar-refractivity contribution in [3.05, 3.63) is 28.8 Å². The molecule has 0 N–H and O–H groups in total. The van der Waals surface area contributed by atoms with E-state index in [1.54, 1.807) is 0 Å². The zero-order valence-electron chi connectivity index (χ0n) is 12.4. The van der Waals surface area contributed by atoms with Crippen molar-refractivity contribution in [2.45, 2.75) is 32.1 Å². The van der Waals surface area contributed by atoms with Crippen LogP contribution < -0.4 is 0 Å². The minimum Gasteiger partial charge on any atom is -0.207 e. The number of nitrogens with zero attached hydrogens (tertiary/aromatic N) is 2. The number of sulfonamides is 1. The molecule has 6 heteroatoms. The highest BCUT2D eigenvalue weighted by Gasteiger charge is 2.37. The molecule has 1 fully saturated rings. The van der Waals surface area contributed by atoms with Gasteiger partial charge in [0.2, 0.25) is 10.0 Å². The van der Waals surface area contributed by atoms with E-state index in [1.165, 1.54) is 22.5 Å². The fraction of sp³-hybridized carbons (Fsp3) is 0.533. The molecular formula is C15H19ClN2O2S. The van der Waals surface area contributed by atoms with Crippen molar-refractivity contribution in [2.75, 3.05) is 13.1 Å². The van der Waals surface area contributed by atoms with Crippen molar-refractivity contribution in [3.63, 3.8) is 0 Å². The highest BCUT2D eigenvalue weighted by atomic mass is 35.5. The molecule has 0 aromatic heterocycles. The van der Waals surface area contributed by atoms with Crippen LogP contribution in [-0.4, -0.2) is 25.8 Å². The SMILES string of the molecule is CC(C)(C)C1CCN(S(=O)(=O)c2ccc(C#N)c(Cl)c2)C1. The largest absolute Gasteiger partial charge is 0.243 e. The van der Waals surface area contributed by atoms with E-state index >= 15 is 0 Å². The highest BCUT2D eigenvalue weighted by molar-refractivity contribution is 7.89. The number of nitriles is 1. The van der Waals surface area contributed by atoms with Crippen LogP contribution in [0.25, 0.3) is 0 Å². The van der Waals surface area contributed by atoms with E-state index in [0.29, 0.717) is 19.0 Å². The van der Waals surface area contributed by atoms with Gasteiger partial charge in [-0.3, -0.25) is 0 Å². The van der Waals surface area contributed by atoms with Crippen molar-refractivity contribution in [3.8, 4) is 6.07 Å². The van der Waals surface area contributed by atoms with Crippen LogP contribution in [0.5, 0.6) is 0 Å². The van der Waals surface area contributed by atoms with Gasteiger partial charge in [0.05, 0.1) is 15.5 Å². The summed E-state index contributed by atoms with van der Waals surface area (Å²) in [6.07, 6.45) is 0.868. The van der Waals surface area contributed by atoms with Gasteiger partial charge >= 0.3 is 0 Å². The minimum atomic E-state index is -3.54. The Bertz CT molecular complexity index is 687. The molecule has 0 saturated carbocycles. The molecule has 1 saturated heterocycles. The lowest BCUT2D eigenvalue weighted by Crippen LogP contribution is -2.31. The van der Waals surface area contributed by atoms with Crippen molar-refractivity contribution in [2.24, 2.45) is 11.3 Å². The van der Waals surface area contributed by atoms with Crippen LogP contribution in [-0.2, 0) is 10.0 Å². The molecule has 0 radical (unpaired) electrons. The molecule has 2 rings (SSSR count). The summed E-state index contributed by atoms with van der Waals surface area (Å²) in [6, 6.07) is 6.19. The first-order valence-corrected chi connectivity index (χ1v) is 8.68. The smallest absolute Gasteiger partial charge is 0.207 e. The Morgan fingerprint density at radius 1 is 1.38 bits per heavy atom. The van der Waals surface area contributed by atoms with Gasteiger partial charge in [0.25, 0.3) is 0 Å². The van der Waals surface area contributed by atoms with Gasteiger partial charge in [-0.05, 0) is 36.0 Å². The van der Waals surface area contributed by atoms with Crippen LogP contribution in [0, 0.1) is 22.7 Å². The van der Waals surface area contributed by atoms with E-state index in [0.717, 1.165) is 6.42 Å². The second-order valence-corrected chi connectivity index (χ2v) is 8.81. The highest BCUT2D eigenvalue weighted by Crippen LogP contribution is 2.36. The molecule has 1 unspecified atom stereocenters. The maximum atomic E-state index is 12.6.